The molecule has 3 N–H and O–H groups in total. The minimum atomic E-state index is -0.646. The zero-order valence-electron chi connectivity index (χ0n) is 21.3. The first-order chi connectivity index (χ1) is 17.3. The van der Waals surface area contributed by atoms with E-state index in [1.54, 1.807) is 19.2 Å². The highest BCUT2D eigenvalue weighted by Crippen LogP contribution is 2.40. The lowest BCUT2D eigenvalue weighted by atomic mass is 10.0. The van der Waals surface area contributed by atoms with E-state index < -0.39 is 11.7 Å². The lowest BCUT2D eigenvalue weighted by molar-refractivity contribution is 0.100. The average molecular weight is 496 g/mol. The average Bonchev–Trinajstić information content (AvgIpc) is 2.85. The van der Waals surface area contributed by atoms with Crippen LogP contribution >= 0.6 is 0 Å². The van der Waals surface area contributed by atoms with Crippen LogP contribution in [0.25, 0.3) is 10.9 Å². The summed E-state index contributed by atoms with van der Waals surface area (Å²) in [5, 5.41) is 3.77. The first-order valence-electron chi connectivity index (χ1n) is 12.2. The molecule has 3 aromatic rings. The maximum atomic E-state index is 14.7. The Morgan fingerprint density at radius 2 is 1.92 bits per heavy atom. The molecule has 36 heavy (non-hydrogen) atoms. The van der Waals surface area contributed by atoms with Crippen molar-refractivity contribution in [3.8, 4) is 5.75 Å². The molecule has 1 fully saturated rings. The van der Waals surface area contributed by atoms with E-state index in [1.807, 2.05) is 19.1 Å². The van der Waals surface area contributed by atoms with Crippen LogP contribution in [0.5, 0.6) is 5.75 Å². The van der Waals surface area contributed by atoms with Crippen LogP contribution in [0.15, 0.2) is 36.5 Å². The number of benzene rings is 2. The molecule has 0 radical (unpaired) electrons. The molecule has 2 aromatic carbocycles. The number of methoxy groups -OCH3 is 1. The number of hydrogen-bond donors (Lipinski definition) is 2. The maximum absolute atomic E-state index is 14.7. The minimum absolute atomic E-state index is 0.186. The molecule has 0 bridgehead atoms. The summed E-state index contributed by atoms with van der Waals surface area (Å²) in [4.78, 5) is 21.7. The van der Waals surface area contributed by atoms with Crippen molar-refractivity contribution in [2.24, 2.45) is 5.73 Å². The van der Waals surface area contributed by atoms with Gasteiger partial charge in [0, 0.05) is 50.9 Å². The van der Waals surface area contributed by atoms with Crippen LogP contribution < -0.4 is 20.7 Å². The third-order valence-electron chi connectivity index (χ3n) is 6.53. The van der Waals surface area contributed by atoms with E-state index in [-0.39, 0.29) is 11.3 Å². The predicted octanol–water partition coefficient (Wildman–Crippen LogP) is 4.08. The first kappa shape index (κ1) is 25.7. The Bertz CT molecular complexity index is 1240. The van der Waals surface area contributed by atoms with Gasteiger partial charge in [0.2, 0.25) is 0 Å². The van der Waals surface area contributed by atoms with E-state index in [9.17, 15) is 9.18 Å². The number of ether oxygens (including phenoxy) is 2. The fraction of sp³-hybridized carbons (Fsp3) is 0.407. The Balaban J connectivity index is 1.84. The normalized spacial score (nSPS) is 14.4. The number of pyridine rings is 1. The molecule has 0 aliphatic carbocycles. The van der Waals surface area contributed by atoms with Gasteiger partial charge >= 0.3 is 0 Å². The fourth-order valence-corrected chi connectivity index (χ4v) is 4.53. The lowest BCUT2D eigenvalue weighted by Crippen LogP contribution is -2.49. The SMILES string of the molecule is COCCOc1ccc2c(Nc3ccc(C)cc3F)c(C(N)=O)cnc2c1N1CCN(C(C)C)CC1. The molecule has 8 nitrogen and oxygen atoms in total. The molecule has 0 atom stereocenters. The van der Waals surface area contributed by atoms with Gasteiger partial charge < -0.3 is 25.4 Å². The molecule has 9 heteroatoms. The van der Waals surface area contributed by atoms with Gasteiger partial charge in [-0.1, -0.05) is 6.07 Å². The Morgan fingerprint density at radius 1 is 1.17 bits per heavy atom. The number of hydrogen-bond acceptors (Lipinski definition) is 7. The molecule has 1 aliphatic rings. The number of primary amides is 1. The standard InChI is InChI=1S/C27H34FN5O3/c1-17(2)32-9-11-33(12-10-32)26-23(36-14-13-35-4)8-6-19-24(20(27(29)34)16-30-25(19)26)31-22-7-5-18(3)15-21(22)28/h5-8,15-17H,9-14H2,1-4H3,(H2,29,34)(H,30,31). The monoisotopic (exact) mass is 495 g/mol. The molecule has 192 valence electrons. The number of nitrogens with two attached hydrogens (primary N) is 1. The van der Waals surface area contributed by atoms with Crippen LogP contribution in [0.2, 0.25) is 0 Å². The van der Waals surface area contributed by atoms with Crippen molar-refractivity contribution >= 4 is 33.9 Å². The number of aryl methyl sites for hydroxylation is 1. The van der Waals surface area contributed by atoms with Gasteiger partial charge in [-0.25, -0.2) is 4.39 Å². The topological polar surface area (TPSA) is 93.0 Å². The van der Waals surface area contributed by atoms with Crippen LogP contribution in [0.3, 0.4) is 0 Å². The first-order valence-corrected chi connectivity index (χ1v) is 12.2. The summed E-state index contributed by atoms with van der Waals surface area (Å²) < 4.78 is 26.0. The maximum Gasteiger partial charge on any atom is 0.252 e. The van der Waals surface area contributed by atoms with Crippen LogP contribution in [0.1, 0.15) is 29.8 Å². The second-order valence-corrected chi connectivity index (χ2v) is 9.29. The zero-order valence-corrected chi connectivity index (χ0v) is 21.3. The second kappa shape index (κ2) is 11.1. The molecule has 0 spiro atoms. The van der Waals surface area contributed by atoms with E-state index in [1.165, 1.54) is 12.3 Å². The van der Waals surface area contributed by atoms with Gasteiger partial charge in [-0.2, -0.15) is 0 Å². The van der Waals surface area contributed by atoms with Gasteiger partial charge in [-0.3, -0.25) is 14.7 Å². The Hall–Kier alpha value is -3.43. The number of anilines is 3. The number of rotatable bonds is 9. The summed E-state index contributed by atoms with van der Waals surface area (Å²) in [5.41, 5.74) is 8.84. The molecular formula is C27H34FN5O3. The summed E-state index contributed by atoms with van der Waals surface area (Å²) >= 11 is 0. The van der Waals surface area contributed by atoms with Crippen LogP contribution in [0, 0.1) is 12.7 Å². The van der Waals surface area contributed by atoms with Crippen LogP contribution in [-0.4, -0.2) is 68.3 Å². The molecule has 4 rings (SSSR count). The molecule has 0 saturated carbocycles. The van der Waals surface area contributed by atoms with Gasteiger partial charge in [-0.15, -0.1) is 0 Å². The van der Waals surface area contributed by atoms with Gasteiger partial charge in [0.05, 0.1) is 29.1 Å². The Kier molecular flexibility index (Phi) is 7.91. The summed E-state index contributed by atoms with van der Waals surface area (Å²) in [7, 11) is 1.63. The number of fused-ring (bicyclic) bond motifs is 1. The number of carbonyl (C=O) groups is 1. The second-order valence-electron chi connectivity index (χ2n) is 9.29. The summed E-state index contributed by atoms with van der Waals surface area (Å²) in [6, 6.07) is 9.06. The van der Waals surface area contributed by atoms with Gasteiger partial charge in [0.15, 0.2) is 0 Å². The molecule has 1 aliphatic heterocycles. The van der Waals surface area contributed by atoms with E-state index >= 15 is 0 Å². The number of carbonyl (C=O) groups excluding carboxylic acids is 1. The van der Waals surface area contributed by atoms with Gasteiger partial charge in [0.25, 0.3) is 5.91 Å². The van der Waals surface area contributed by atoms with E-state index in [0.717, 1.165) is 37.4 Å². The van der Waals surface area contributed by atoms with Crippen molar-refractivity contribution in [1.82, 2.24) is 9.88 Å². The molecule has 2 heterocycles. The highest BCUT2D eigenvalue weighted by atomic mass is 19.1. The molecule has 1 saturated heterocycles. The largest absolute Gasteiger partial charge is 0.489 e. The van der Waals surface area contributed by atoms with Gasteiger partial charge in [-0.05, 0) is 50.6 Å². The number of nitrogens with one attached hydrogen (secondary N) is 1. The zero-order chi connectivity index (χ0) is 25.8. The lowest BCUT2D eigenvalue weighted by Gasteiger charge is -2.39. The number of amides is 1. The summed E-state index contributed by atoms with van der Waals surface area (Å²) in [6.07, 6.45) is 1.45. The molecule has 1 aromatic heterocycles. The fourth-order valence-electron chi connectivity index (χ4n) is 4.53. The van der Waals surface area contributed by atoms with Crippen molar-refractivity contribution in [1.29, 1.82) is 0 Å². The van der Waals surface area contributed by atoms with Crippen LogP contribution in [0.4, 0.5) is 21.5 Å². The third-order valence-corrected chi connectivity index (χ3v) is 6.53. The highest BCUT2D eigenvalue weighted by molar-refractivity contribution is 6.10. The smallest absolute Gasteiger partial charge is 0.252 e. The Labute approximate surface area is 211 Å². The summed E-state index contributed by atoms with van der Waals surface area (Å²) in [5.74, 6) is -0.379. The highest BCUT2D eigenvalue weighted by Gasteiger charge is 2.26. The number of piperazine rings is 1. The van der Waals surface area contributed by atoms with Crippen molar-refractivity contribution in [2.75, 3.05) is 56.7 Å². The van der Waals surface area contributed by atoms with Crippen LogP contribution in [-0.2, 0) is 4.74 Å². The van der Waals surface area contributed by atoms with E-state index in [0.29, 0.717) is 41.6 Å². The quantitative estimate of drug-likeness (QED) is 0.432. The van der Waals surface area contributed by atoms with E-state index in [2.05, 4.69) is 33.9 Å². The van der Waals surface area contributed by atoms with Crippen molar-refractivity contribution in [2.45, 2.75) is 26.8 Å². The molecular weight excluding hydrogens is 461 g/mol. The van der Waals surface area contributed by atoms with Crippen molar-refractivity contribution < 1.29 is 18.7 Å². The van der Waals surface area contributed by atoms with Crippen molar-refractivity contribution in [3.05, 3.63) is 53.5 Å². The Morgan fingerprint density at radius 3 is 2.56 bits per heavy atom. The minimum Gasteiger partial charge on any atom is -0.489 e. The third kappa shape index (κ3) is 5.37. The molecule has 0 unspecified atom stereocenters. The molecule has 1 amide bonds. The number of aromatic nitrogens is 1. The summed E-state index contributed by atoms with van der Waals surface area (Å²) in [6.45, 7) is 10.5. The van der Waals surface area contributed by atoms with Crippen molar-refractivity contribution in [3.63, 3.8) is 0 Å². The predicted molar refractivity (Wildman–Crippen MR) is 141 cm³/mol. The van der Waals surface area contributed by atoms with E-state index in [4.69, 9.17) is 15.2 Å². The number of halogens is 1. The number of nitrogens with zero attached hydrogens (tertiary/aromatic N) is 3. The van der Waals surface area contributed by atoms with Gasteiger partial charge in [0.1, 0.15) is 23.9 Å².